The van der Waals surface area contributed by atoms with Crippen molar-refractivity contribution in [3.05, 3.63) is 35.4 Å². The van der Waals surface area contributed by atoms with Gasteiger partial charge >= 0.3 is 0 Å². The van der Waals surface area contributed by atoms with Gasteiger partial charge in [-0.25, -0.2) is 0 Å². The van der Waals surface area contributed by atoms with Gasteiger partial charge in [0.25, 0.3) is 0 Å². The summed E-state index contributed by atoms with van der Waals surface area (Å²) in [5, 5.41) is 17.7. The molecule has 120 valence electrons. The zero-order valence-corrected chi connectivity index (χ0v) is 13.5. The van der Waals surface area contributed by atoms with Crippen molar-refractivity contribution in [1.29, 1.82) is 10.5 Å². The molecule has 0 aromatic heterocycles. The van der Waals surface area contributed by atoms with Gasteiger partial charge < -0.3 is 9.64 Å². The van der Waals surface area contributed by atoms with Crippen LogP contribution < -0.4 is 4.74 Å². The monoisotopic (exact) mass is 309 g/mol. The lowest BCUT2D eigenvalue weighted by Crippen LogP contribution is -2.30. The molecule has 2 rings (SSSR count). The number of para-hydroxylation sites is 1. The highest BCUT2D eigenvalue weighted by molar-refractivity contribution is 5.66. The van der Waals surface area contributed by atoms with Crippen molar-refractivity contribution in [2.45, 2.75) is 32.1 Å². The highest BCUT2D eigenvalue weighted by atomic mass is 16.5. The minimum Gasteiger partial charge on any atom is -0.493 e. The summed E-state index contributed by atoms with van der Waals surface area (Å²) in [6.07, 6.45) is 7.75. The van der Waals surface area contributed by atoms with Crippen molar-refractivity contribution in [3.8, 4) is 17.9 Å². The zero-order chi connectivity index (χ0) is 16.3. The van der Waals surface area contributed by atoms with Crippen LogP contribution in [0, 0.1) is 22.7 Å². The largest absolute Gasteiger partial charge is 0.493 e. The molecule has 0 aliphatic carbocycles. The number of hydrogen-bond donors (Lipinski definition) is 0. The molecule has 1 heterocycles. The molecule has 0 atom stereocenters. The molecule has 1 aromatic carbocycles. The summed E-state index contributed by atoms with van der Waals surface area (Å²) in [5.74, 6) is 0.730. The lowest BCUT2D eigenvalue weighted by Gasteiger charge is -2.26. The zero-order valence-electron chi connectivity index (χ0n) is 13.5. The molecule has 0 amide bonds. The summed E-state index contributed by atoms with van der Waals surface area (Å²) >= 11 is 0. The molecule has 0 spiro atoms. The molecule has 0 bridgehead atoms. The third-order valence-corrected chi connectivity index (χ3v) is 4.03. The van der Waals surface area contributed by atoms with Gasteiger partial charge in [-0.15, -0.1) is 0 Å². The van der Waals surface area contributed by atoms with E-state index in [9.17, 15) is 0 Å². The average Bonchev–Trinajstić information content (AvgIpc) is 2.61. The SMILES string of the molecule is N#CC(C#N)=Cc1ccccc1OCCCCN1CCCCC1. The lowest BCUT2D eigenvalue weighted by molar-refractivity contribution is 0.216. The first-order chi connectivity index (χ1) is 11.3. The summed E-state index contributed by atoms with van der Waals surface area (Å²) in [4.78, 5) is 2.53. The van der Waals surface area contributed by atoms with E-state index in [1.165, 1.54) is 32.4 Å². The molecule has 4 nitrogen and oxygen atoms in total. The van der Waals surface area contributed by atoms with Gasteiger partial charge in [-0.3, -0.25) is 0 Å². The minimum atomic E-state index is 0.0890. The molecule has 1 aliphatic heterocycles. The summed E-state index contributed by atoms with van der Waals surface area (Å²) in [6.45, 7) is 4.28. The fourth-order valence-electron chi connectivity index (χ4n) is 2.78. The second-order valence-electron chi connectivity index (χ2n) is 5.78. The molecule has 23 heavy (non-hydrogen) atoms. The number of allylic oxidation sites excluding steroid dienone is 1. The molecule has 0 radical (unpaired) electrons. The Bertz CT molecular complexity index is 588. The maximum absolute atomic E-state index is 8.86. The number of likely N-dealkylation sites (tertiary alicyclic amines) is 1. The normalized spacial score (nSPS) is 14.5. The predicted octanol–water partition coefficient (Wildman–Crippen LogP) is 3.76. The van der Waals surface area contributed by atoms with E-state index in [4.69, 9.17) is 15.3 Å². The number of hydrogen-bond acceptors (Lipinski definition) is 4. The highest BCUT2D eigenvalue weighted by Gasteiger charge is 2.09. The Hall–Kier alpha value is -2.30. The highest BCUT2D eigenvalue weighted by Crippen LogP contribution is 2.21. The fraction of sp³-hybridized carbons (Fsp3) is 0.474. The van der Waals surface area contributed by atoms with Crippen LogP contribution in [0.5, 0.6) is 5.75 Å². The third-order valence-electron chi connectivity index (χ3n) is 4.03. The van der Waals surface area contributed by atoms with Crippen molar-refractivity contribution >= 4 is 6.08 Å². The first-order valence-electron chi connectivity index (χ1n) is 8.29. The maximum atomic E-state index is 8.86. The maximum Gasteiger partial charge on any atom is 0.130 e. The Kier molecular flexibility index (Phi) is 7.17. The number of unbranched alkanes of at least 4 members (excludes halogenated alkanes) is 1. The van der Waals surface area contributed by atoms with Crippen LogP contribution in [-0.2, 0) is 0 Å². The van der Waals surface area contributed by atoms with E-state index >= 15 is 0 Å². The first kappa shape index (κ1) is 17.1. The van der Waals surface area contributed by atoms with Crippen molar-refractivity contribution in [2.75, 3.05) is 26.2 Å². The Morgan fingerprint density at radius 1 is 1.09 bits per heavy atom. The molecular formula is C19H23N3O. The van der Waals surface area contributed by atoms with Crippen LogP contribution in [0.1, 0.15) is 37.7 Å². The van der Waals surface area contributed by atoms with Crippen LogP contribution >= 0.6 is 0 Å². The van der Waals surface area contributed by atoms with Gasteiger partial charge in [0.2, 0.25) is 0 Å². The van der Waals surface area contributed by atoms with Crippen LogP contribution in [0.25, 0.3) is 6.08 Å². The quantitative estimate of drug-likeness (QED) is 0.568. The molecule has 0 unspecified atom stereocenters. The molecular weight excluding hydrogens is 286 g/mol. The van der Waals surface area contributed by atoms with Gasteiger partial charge in [0.15, 0.2) is 0 Å². The molecule has 1 aromatic rings. The molecule has 4 heteroatoms. The van der Waals surface area contributed by atoms with Gasteiger partial charge in [-0.05, 0) is 57.5 Å². The van der Waals surface area contributed by atoms with Gasteiger partial charge in [0.05, 0.1) is 6.61 Å². The summed E-state index contributed by atoms with van der Waals surface area (Å²) < 4.78 is 5.83. The van der Waals surface area contributed by atoms with Crippen molar-refractivity contribution in [3.63, 3.8) is 0 Å². The van der Waals surface area contributed by atoms with E-state index in [0.29, 0.717) is 6.61 Å². The van der Waals surface area contributed by atoms with E-state index in [1.807, 2.05) is 36.4 Å². The second kappa shape index (κ2) is 9.66. The minimum absolute atomic E-state index is 0.0890. The van der Waals surface area contributed by atoms with Crippen molar-refractivity contribution in [2.24, 2.45) is 0 Å². The summed E-state index contributed by atoms with van der Waals surface area (Å²) in [6, 6.07) is 11.3. The van der Waals surface area contributed by atoms with Gasteiger partial charge in [0, 0.05) is 5.56 Å². The van der Waals surface area contributed by atoms with Crippen LogP contribution in [0.2, 0.25) is 0 Å². The molecule has 0 N–H and O–H groups in total. The number of nitrogens with zero attached hydrogens (tertiary/aromatic N) is 3. The lowest BCUT2D eigenvalue weighted by atomic mass is 10.1. The predicted molar refractivity (Wildman–Crippen MR) is 90.7 cm³/mol. The van der Waals surface area contributed by atoms with Crippen molar-refractivity contribution in [1.82, 2.24) is 4.90 Å². The van der Waals surface area contributed by atoms with Gasteiger partial charge in [-0.1, -0.05) is 24.6 Å². The van der Waals surface area contributed by atoms with E-state index in [1.54, 1.807) is 6.08 Å². The Labute approximate surface area is 138 Å². The molecule has 1 saturated heterocycles. The Morgan fingerprint density at radius 2 is 1.83 bits per heavy atom. The van der Waals surface area contributed by atoms with Crippen LogP contribution in [0.15, 0.2) is 29.8 Å². The fourth-order valence-corrected chi connectivity index (χ4v) is 2.78. The second-order valence-corrected chi connectivity index (χ2v) is 5.78. The number of benzene rings is 1. The number of ether oxygens (including phenoxy) is 1. The first-order valence-corrected chi connectivity index (χ1v) is 8.29. The standard InChI is InChI=1S/C19H23N3O/c20-15-17(16-21)14-18-8-2-3-9-19(18)23-13-7-6-12-22-10-4-1-5-11-22/h2-3,8-9,14H,1,4-7,10-13H2. The summed E-state index contributed by atoms with van der Waals surface area (Å²) in [5.41, 5.74) is 0.868. The van der Waals surface area contributed by atoms with E-state index in [2.05, 4.69) is 4.90 Å². The Morgan fingerprint density at radius 3 is 2.57 bits per heavy atom. The molecule has 1 aliphatic rings. The third kappa shape index (κ3) is 5.77. The average molecular weight is 309 g/mol. The molecule has 1 fully saturated rings. The summed E-state index contributed by atoms with van der Waals surface area (Å²) in [7, 11) is 0. The topological polar surface area (TPSA) is 60.1 Å². The number of rotatable bonds is 7. The van der Waals surface area contributed by atoms with E-state index in [0.717, 1.165) is 30.7 Å². The van der Waals surface area contributed by atoms with E-state index < -0.39 is 0 Å². The Balaban J connectivity index is 1.78. The van der Waals surface area contributed by atoms with E-state index in [-0.39, 0.29) is 5.57 Å². The van der Waals surface area contributed by atoms with Gasteiger partial charge in [0.1, 0.15) is 23.5 Å². The van der Waals surface area contributed by atoms with Crippen molar-refractivity contribution < 1.29 is 4.74 Å². The van der Waals surface area contributed by atoms with Crippen LogP contribution in [-0.4, -0.2) is 31.1 Å². The van der Waals surface area contributed by atoms with Crippen LogP contribution in [0.4, 0.5) is 0 Å². The van der Waals surface area contributed by atoms with Gasteiger partial charge in [-0.2, -0.15) is 10.5 Å². The molecule has 0 saturated carbocycles. The number of nitriles is 2. The van der Waals surface area contributed by atoms with Crippen LogP contribution in [0.3, 0.4) is 0 Å². The smallest absolute Gasteiger partial charge is 0.130 e. The number of piperidine rings is 1.